The molecular weight excluding hydrogens is 422 g/mol. The summed E-state index contributed by atoms with van der Waals surface area (Å²) < 4.78 is 33.1. The van der Waals surface area contributed by atoms with Gasteiger partial charge in [-0.2, -0.15) is 4.31 Å². The molecule has 9 nitrogen and oxygen atoms in total. The molecule has 2 aromatic rings. The molecule has 31 heavy (non-hydrogen) atoms. The number of carbonyl (C=O) groups excluding carboxylic acids is 1. The van der Waals surface area contributed by atoms with Crippen LogP contribution in [0.15, 0.2) is 66.1 Å². The van der Waals surface area contributed by atoms with E-state index < -0.39 is 38.7 Å². The van der Waals surface area contributed by atoms with E-state index in [0.717, 1.165) is 21.9 Å². The van der Waals surface area contributed by atoms with Crippen LogP contribution in [-0.4, -0.2) is 43.6 Å². The second-order valence-electron chi connectivity index (χ2n) is 7.54. The number of amides is 1. The Morgan fingerprint density at radius 3 is 2.48 bits per heavy atom. The molecule has 10 heteroatoms. The molecule has 2 heterocycles. The summed E-state index contributed by atoms with van der Waals surface area (Å²) in [5, 5.41) is 12.6. The van der Waals surface area contributed by atoms with E-state index in [-0.39, 0.29) is 22.7 Å². The van der Waals surface area contributed by atoms with Crippen molar-refractivity contribution in [1.29, 1.82) is 0 Å². The summed E-state index contributed by atoms with van der Waals surface area (Å²) in [6, 6.07) is 12.5. The first-order chi connectivity index (χ1) is 14.7. The molecule has 0 aliphatic carbocycles. The molecule has 2 aromatic carbocycles. The van der Waals surface area contributed by atoms with Crippen LogP contribution in [0.3, 0.4) is 0 Å². The molecule has 0 radical (unpaired) electrons. The number of nitro groups is 1. The van der Waals surface area contributed by atoms with E-state index in [1.807, 2.05) is 6.92 Å². The zero-order valence-electron chi connectivity index (χ0n) is 17.0. The highest BCUT2D eigenvalue weighted by Crippen LogP contribution is 2.56. The van der Waals surface area contributed by atoms with Crippen LogP contribution in [0, 0.1) is 23.0 Å². The number of sulfonamides is 1. The van der Waals surface area contributed by atoms with Crippen molar-refractivity contribution in [3.05, 3.63) is 82.4 Å². The fourth-order valence-corrected chi connectivity index (χ4v) is 6.24. The van der Waals surface area contributed by atoms with E-state index in [0.29, 0.717) is 0 Å². The molecule has 0 aromatic heterocycles. The number of rotatable bonds is 4. The molecule has 1 amide bonds. The Labute approximate surface area is 179 Å². The maximum absolute atomic E-state index is 13.6. The number of benzene rings is 2. The standard InChI is InChI=1S/C21H21N3O6S/c1-4-15-13-22(31(28,29)16-11-9-14(2)10-12-16)19-21(15,24(26)27)17-7-5-6-8-18(17)23(19)20(25)30-3/h4-12,15,19H,1,13H2,2-3H3/t15-,19+,21+/m0/s1. The molecule has 0 bridgehead atoms. The number of fused-ring (bicyclic) bond motifs is 3. The van der Waals surface area contributed by atoms with E-state index in [9.17, 15) is 23.3 Å². The minimum Gasteiger partial charge on any atom is -0.452 e. The summed E-state index contributed by atoms with van der Waals surface area (Å²) >= 11 is 0. The summed E-state index contributed by atoms with van der Waals surface area (Å²) in [5.41, 5.74) is -0.549. The summed E-state index contributed by atoms with van der Waals surface area (Å²) in [7, 11) is -3.04. The van der Waals surface area contributed by atoms with Crippen LogP contribution >= 0.6 is 0 Å². The minimum atomic E-state index is -4.19. The van der Waals surface area contributed by atoms with Gasteiger partial charge in [-0.25, -0.2) is 13.2 Å². The summed E-state index contributed by atoms with van der Waals surface area (Å²) in [6.45, 7) is 5.36. The second-order valence-corrected chi connectivity index (χ2v) is 9.43. The first-order valence-corrected chi connectivity index (χ1v) is 11.0. The number of methoxy groups -OCH3 is 1. The van der Waals surface area contributed by atoms with E-state index in [2.05, 4.69) is 6.58 Å². The van der Waals surface area contributed by atoms with Gasteiger partial charge in [-0.3, -0.25) is 15.0 Å². The number of para-hydroxylation sites is 1. The first kappa shape index (κ1) is 21.0. The van der Waals surface area contributed by atoms with Crippen LogP contribution < -0.4 is 4.90 Å². The van der Waals surface area contributed by atoms with Gasteiger partial charge in [-0.05, 0) is 31.2 Å². The first-order valence-electron chi connectivity index (χ1n) is 9.53. The summed E-state index contributed by atoms with van der Waals surface area (Å²) in [6.07, 6.45) is -0.936. The number of carbonyl (C=O) groups is 1. The van der Waals surface area contributed by atoms with Crippen molar-refractivity contribution in [3.63, 3.8) is 0 Å². The van der Waals surface area contributed by atoms with Gasteiger partial charge in [-0.15, -0.1) is 6.58 Å². The third kappa shape index (κ3) is 2.71. The molecule has 0 N–H and O–H groups in total. The number of hydrogen-bond donors (Lipinski definition) is 0. The van der Waals surface area contributed by atoms with Gasteiger partial charge >= 0.3 is 6.09 Å². The van der Waals surface area contributed by atoms with Gasteiger partial charge in [0, 0.05) is 11.5 Å². The van der Waals surface area contributed by atoms with E-state index in [4.69, 9.17) is 4.74 Å². The molecule has 4 rings (SSSR count). The molecule has 3 atom stereocenters. The smallest absolute Gasteiger partial charge is 0.415 e. The Bertz CT molecular complexity index is 1180. The molecular formula is C21H21N3O6S. The van der Waals surface area contributed by atoms with Gasteiger partial charge in [-0.1, -0.05) is 35.9 Å². The van der Waals surface area contributed by atoms with Crippen LogP contribution in [0.2, 0.25) is 0 Å². The second kappa shape index (κ2) is 7.17. The Morgan fingerprint density at radius 2 is 1.90 bits per heavy atom. The van der Waals surface area contributed by atoms with Crippen molar-refractivity contribution in [3.8, 4) is 0 Å². The largest absolute Gasteiger partial charge is 0.452 e. The number of hydrogen-bond acceptors (Lipinski definition) is 6. The highest BCUT2D eigenvalue weighted by atomic mass is 32.2. The number of ether oxygens (including phenoxy) is 1. The molecule has 162 valence electrons. The van der Waals surface area contributed by atoms with Gasteiger partial charge in [0.05, 0.1) is 29.2 Å². The van der Waals surface area contributed by atoms with Crippen molar-refractivity contribution in [2.24, 2.45) is 5.92 Å². The van der Waals surface area contributed by atoms with Crippen molar-refractivity contribution < 1.29 is 22.9 Å². The fraction of sp³-hybridized carbons (Fsp3) is 0.286. The van der Waals surface area contributed by atoms with Gasteiger partial charge in [0.1, 0.15) is 0 Å². The molecule has 2 aliphatic heterocycles. The third-order valence-electron chi connectivity index (χ3n) is 6.03. The van der Waals surface area contributed by atoms with Gasteiger partial charge in [0.15, 0.2) is 6.17 Å². The van der Waals surface area contributed by atoms with Crippen molar-refractivity contribution in [2.45, 2.75) is 23.5 Å². The van der Waals surface area contributed by atoms with Crippen molar-refractivity contribution in [2.75, 3.05) is 18.6 Å². The normalized spacial score (nSPS) is 25.0. The van der Waals surface area contributed by atoms with Gasteiger partial charge in [0.2, 0.25) is 10.0 Å². The van der Waals surface area contributed by atoms with E-state index >= 15 is 0 Å². The predicted molar refractivity (Wildman–Crippen MR) is 113 cm³/mol. The summed E-state index contributed by atoms with van der Waals surface area (Å²) in [5.74, 6) is -0.872. The van der Waals surface area contributed by atoms with Crippen LogP contribution in [0.4, 0.5) is 10.5 Å². The van der Waals surface area contributed by atoms with Crippen LogP contribution in [0.5, 0.6) is 0 Å². The number of anilines is 1. The van der Waals surface area contributed by atoms with E-state index in [1.165, 1.54) is 18.2 Å². The Kier molecular flexibility index (Phi) is 4.86. The lowest BCUT2D eigenvalue weighted by atomic mass is 9.81. The van der Waals surface area contributed by atoms with E-state index in [1.54, 1.807) is 36.4 Å². The molecule has 1 saturated heterocycles. The van der Waals surface area contributed by atoms with Gasteiger partial charge < -0.3 is 4.74 Å². The lowest BCUT2D eigenvalue weighted by molar-refractivity contribution is -0.586. The summed E-state index contributed by atoms with van der Waals surface area (Å²) in [4.78, 5) is 25.9. The van der Waals surface area contributed by atoms with Crippen molar-refractivity contribution in [1.82, 2.24) is 4.31 Å². The van der Waals surface area contributed by atoms with Crippen LogP contribution in [0.25, 0.3) is 0 Å². The molecule has 1 fully saturated rings. The van der Waals surface area contributed by atoms with Gasteiger partial charge in [0.25, 0.3) is 5.54 Å². The molecule has 0 saturated carbocycles. The van der Waals surface area contributed by atoms with Crippen molar-refractivity contribution >= 4 is 21.8 Å². The lowest BCUT2D eigenvalue weighted by Gasteiger charge is -2.31. The maximum Gasteiger partial charge on any atom is 0.415 e. The van der Waals surface area contributed by atoms with Crippen LogP contribution in [0.1, 0.15) is 11.1 Å². The molecule has 0 spiro atoms. The van der Waals surface area contributed by atoms with Crippen LogP contribution in [-0.2, 0) is 20.3 Å². The Morgan fingerprint density at radius 1 is 1.26 bits per heavy atom. The molecule has 2 aliphatic rings. The lowest BCUT2D eigenvalue weighted by Crippen LogP contribution is -2.57. The highest BCUT2D eigenvalue weighted by Gasteiger charge is 2.74. The average Bonchev–Trinajstić information content (AvgIpc) is 3.25. The predicted octanol–water partition coefficient (Wildman–Crippen LogP) is 2.89. The Hall–Kier alpha value is -3.24. The number of nitrogens with zero attached hydrogens (tertiary/aromatic N) is 3. The molecule has 0 unspecified atom stereocenters. The Balaban J connectivity index is 2.00. The monoisotopic (exact) mass is 443 g/mol. The third-order valence-corrected chi connectivity index (χ3v) is 7.87. The average molecular weight is 443 g/mol. The number of aryl methyl sites for hydroxylation is 1. The minimum absolute atomic E-state index is 0.0131. The SMILES string of the molecule is C=C[C@H]1CN(S(=O)(=O)c2ccc(C)cc2)[C@@H]2N(C(=O)OC)c3ccccc3[C@]12[N+](=O)[O-]. The zero-order valence-corrected chi connectivity index (χ0v) is 17.8. The topological polar surface area (TPSA) is 110 Å². The quantitative estimate of drug-likeness (QED) is 0.408. The highest BCUT2D eigenvalue weighted by molar-refractivity contribution is 7.89. The zero-order chi connectivity index (χ0) is 22.6. The fourth-order valence-electron chi connectivity index (χ4n) is 4.62. The maximum atomic E-state index is 13.6.